The van der Waals surface area contributed by atoms with E-state index in [9.17, 15) is 4.21 Å². The van der Waals surface area contributed by atoms with Gasteiger partial charge in [0, 0.05) is 22.0 Å². The van der Waals surface area contributed by atoms with Crippen LogP contribution in [0.15, 0.2) is 35.2 Å². The largest absolute Gasteiger partial charge is 0.255 e. The molecule has 0 N–H and O–H groups in total. The Morgan fingerprint density at radius 1 is 1.09 bits per heavy atom. The zero-order chi connectivity index (χ0) is 8.69. The maximum atomic E-state index is 10.8. The van der Waals surface area contributed by atoms with E-state index in [4.69, 9.17) is 0 Å². The van der Waals surface area contributed by atoms with Gasteiger partial charge in [-0.25, -0.2) is 0 Å². The fourth-order valence-electron chi connectivity index (χ4n) is 0.612. The lowest BCUT2D eigenvalue weighted by molar-refractivity contribution is 0.687. The van der Waals surface area contributed by atoms with E-state index in [0.29, 0.717) is 0 Å². The molecule has 0 radical (unpaired) electrons. The van der Waals surface area contributed by atoms with Crippen LogP contribution >= 0.6 is 0 Å². The van der Waals surface area contributed by atoms with Gasteiger partial charge in [-0.1, -0.05) is 32.0 Å². The van der Waals surface area contributed by atoms with Crippen LogP contribution in [0.25, 0.3) is 0 Å². The van der Waals surface area contributed by atoms with Crippen molar-refractivity contribution >= 4 is 10.8 Å². The number of rotatable bonds is 1. The first kappa shape index (κ1) is 10.4. The van der Waals surface area contributed by atoms with E-state index < -0.39 is 10.8 Å². The molecule has 2 heteroatoms. The molecular formula is C9H14OS. The van der Waals surface area contributed by atoms with E-state index in [-0.39, 0.29) is 0 Å². The monoisotopic (exact) mass is 170 g/mol. The number of benzene rings is 1. The minimum absolute atomic E-state index is 0.829. The Balaban J connectivity index is 0.000000461. The van der Waals surface area contributed by atoms with Crippen LogP contribution in [0.4, 0.5) is 0 Å². The van der Waals surface area contributed by atoms with Crippen molar-refractivity contribution in [1.29, 1.82) is 0 Å². The molecule has 1 rings (SSSR count). The van der Waals surface area contributed by atoms with Crippen LogP contribution < -0.4 is 0 Å². The van der Waals surface area contributed by atoms with E-state index >= 15 is 0 Å². The molecule has 0 aliphatic carbocycles. The topological polar surface area (TPSA) is 17.1 Å². The van der Waals surface area contributed by atoms with Gasteiger partial charge in [-0.15, -0.1) is 0 Å². The molecule has 0 aromatic heterocycles. The molecule has 0 spiro atoms. The Labute approximate surface area is 70.9 Å². The third-order valence-corrected chi connectivity index (χ3v) is 2.01. The molecular weight excluding hydrogens is 156 g/mol. The first-order chi connectivity index (χ1) is 5.30. The maximum Gasteiger partial charge on any atom is 0.0498 e. The lowest BCUT2D eigenvalue weighted by Gasteiger charge is -1.90. The van der Waals surface area contributed by atoms with Crippen molar-refractivity contribution in [3.8, 4) is 0 Å². The highest BCUT2D eigenvalue weighted by atomic mass is 32.2. The van der Waals surface area contributed by atoms with Crippen molar-refractivity contribution < 1.29 is 4.21 Å². The predicted octanol–water partition coefficient (Wildman–Crippen LogP) is 2.45. The highest BCUT2D eigenvalue weighted by Crippen LogP contribution is 2.01. The standard InChI is InChI=1S/C7H8OS.C2H6/c1-9(8)7-5-3-2-4-6-7;1-2/h2-6H,1H3;1-2H3. The lowest BCUT2D eigenvalue weighted by atomic mass is 10.4. The molecule has 1 unspecified atom stereocenters. The van der Waals surface area contributed by atoms with E-state index in [1.54, 1.807) is 6.26 Å². The Kier molecular flexibility index (Phi) is 5.75. The van der Waals surface area contributed by atoms with Crippen molar-refractivity contribution in [2.45, 2.75) is 18.7 Å². The second-order valence-electron chi connectivity index (χ2n) is 1.77. The summed E-state index contributed by atoms with van der Waals surface area (Å²) in [6.45, 7) is 4.00. The van der Waals surface area contributed by atoms with E-state index in [1.165, 1.54) is 0 Å². The summed E-state index contributed by atoms with van der Waals surface area (Å²) >= 11 is 0. The molecule has 0 bridgehead atoms. The molecule has 0 saturated heterocycles. The van der Waals surface area contributed by atoms with Crippen LogP contribution in [0, 0.1) is 0 Å². The van der Waals surface area contributed by atoms with Crippen molar-refractivity contribution in [3.05, 3.63) is 30.3 Å². The summed E-state index contributed by atoms with van der Waals surface area (Å²) in [6, 6.07) is 9.40. The van der Waals surface area contributed by atoms with Crippen LogP contribution in [-0.4, -0.2) is 10.5 Å². The van der Waals surface area contributed by atoms with Crippen molar-refractivity contribution in [2.75, 3.05) is 6.26 Å². The van der Waals surface area contributed by atoms with Gasteiger partial charge in [0.25, 0.3) is 0 Å². The molecule has 62 valence electrons. The van der Waals surface area contributed by atoms with E-state index in [0.717, 1.165) is 4.90 Å². The molecule has 1 nitrogen and oxygen atoms in total. The predicted molar refractivity (Wildman–Crippen MR) is 50.1 cm³/mol. The molecule has 0 heterocycles. The second kappa shape index (κ2) is 6.10. The van der Waals surface area contributed by atoms with Gasteiger partial charge in [-0.05, 0) is 12.1 Å². The summed E-state index contributed by atoms with van der Waals surface area (Å²) in [5.41, 5.74) is 0. The minimum Gasteiger partial charge on any atom is -0.255 e. The van der Waals surface area contributed by atoms with Crippen LogP contribution in [0.1, 0.15) is 13.8 Å². The fraction of sp³-hybridized carbons (Fsp3) is 0.333. The zero-order valence-electron chi connectivity index (χ0n) is 7.20. The molecule has 0 amide bonds. The van der Waals surface area contributed by atoms with Gasteiger partial charge in [-0.2, -0.15) is 0 Å². The summed E-state index contributed by atoms with van der Waals surface area (Å²) < 4.78 is 10.8. The van der Waals surface area contributed by atoms with Gasteiger partial charge in [-0.3, -0.25) is 4.21 Å². The molecule has 1 aromatic rings. The summed E-state index contributed by atoms with van der Waals surface area (Å²) in [5.74, 6) is 0. The van der Waals surface area contributed by atoms with Crippen molar-refractivity contribution in [3.63, 3.8) is 0 Å². The Morgan fingerprint density at radius 3 is 1.82 bits per heavy atom. The molecule has 1 aromatic carbocycles. The summed E-state index contributed by atoms with van der Waals surface area (Å²) in [6.07, 6.45) is 1.68. The van der Waals surface area contributed by atoms with Gasteiger partial charge in [0.1, 0.15) is 0 Å². The molecule has 0 aliphatic heterocycles. The molecule has 0 fully saturated rings. The van der Waals surface area contributed by atoms with E-state index in [1.807, 2.05) is 44.2 Å². The van der Waals surface area contributed by atoms with E-state index in [2.05, 4.69) is 0 Å². The normalized spacial score (nSPS) is 11.2. The van der Waals surface area contributed by atoms with Crippen LogP contribution in [-0.2, 0) is 10.8 Å². The Hall–Kier alpha value is -0.630. The third kappa shape index (κ3) is 3.94. The summed E-state index contributed by atoms with van der Waals surface area (Å²) in [5, 5.41) is 0. The second-order valence-corrected chi connectivity index (χ2v) is 3.15. The smallest absolute Gasteiger partial charge is 0.0498 e. The average Bonchev–Trinajstić information content (AvgIpc) is 2.10. The Morgan fingerprint density at radius 2 is 1.55 bits per heavy atom. The zero-order valence-corrected chi connectivity index (χ0v) is 8.02. The quantitative estimate of drug-likeness (QED) is 0.632. The van der Waals surface area contributed by atoms with Crippen molar-refractivity contribution in [1.82, 2.24) is 0 Å². The third-order valence-electron chi connectivity index (χ3n) is 1.08. The molecule has 0 saturated carbocycles. The van der Waals surface area contributed by atoms with Gasteiger partial charge < -0.3 is 0 Å². The number of hydrogen-bond donors (Lipinski definition) is 0. The molecule has 0 aliphatic rings. The van der Waals surface area contributed by atoms with Crippen LogP contribution in [0.3, 0.4) is 0 Å². The minimum atomic E-state index is -0.829. The first-order valence-electron chi connectivity index (χ1n) is 3.69. The summed E-state index contributed by atoms with van der Waals surface area (Å²) in [7, 11) is -0.829. The van der Waals surface area contributed by atoms with Gasteiger partial charge in [0.05, 0.1) is 0 Å². The van der Waals surface area contributed by atoms with Crippen LogP contribution in [0.5, 0.6) is 0 Å². The first-order valence-corrected chi connectivity index (χ1v) is 5.25. The molecule has 1 atom stereocenters. The highest BCUT2D eigenvalue weighted by molar-refractivity contribution is 7.84. The SMILES string of the molecule is CC.CS(=O)c1ccccc1. The maximum absolute atomic E-state index is 10.8. The average molecular weight is 170 g/mol. The molecule has 11 heavy (non-hydrogen) atoms. The van der Waals surface area contributed by atoms with Gasteiger partial charge in [0.2, 0.25) is 0 Å². The van der Waals surface area contributed by atoms with Crippen molar-refractivity contribution in [2.24, 2.45) is 0 Å². The van der Waals surface area contributed by atoms with Gasteiger partial charge in [0.15, 0.2) is 0 Å². The highest BCUT2D eigenvalue weighted by Gasteiger charge is 1.90. The lowest BCUT2D eigenvalue weighted by Crippen LogP contribution is -1.83. The fourth-order valence-corrected chi connectivity index (χ4v) is 1.15. The summed E-state index contributed by atoms with van der Waals surface area (Å²) in [4.78, 5) is 0.887. The number of hydrogen-bond acceptors (Lipinski definition) is 1. The Bertz CT molecular complexity index is 206. The van der Waals surface area contributed by atoms with Gasteiger partial charge >= 0.3 is 0 Å². The van der Waals surface area contributed by atoms with Crippen LogP contribution in [0.2, 0.25) is 0 Å².